The number of nitriles is 1. The van der Waals surface area contributed by atoms with Crippen LogP contribution in [0.25, 0.3) is 33.7 Å². The first-order chi connectivity index (χ1) is 28.0. The highest BCUT2D eigenvalue weighted by Gasteiger charge is 2.41. The lowest BCUT2D eigenvalue weighted by Gasteiger charge is -2.24. The van der Waals surface area contributed by atoms with Crippen LogP contribution >= 0.6 is 11.6 Å². The number of aromatic nitrogens is 3. The van der Waals surface area contributed by atoms with Gasteiger partial charge in [0.25, 0.3) is 0 Å². The van der Waals surface area contributed by atoms with Gasteiger partial charge in [-0.15, -0.1) is 0 Å². The van der Waals surface area contributed by atoms with E-state index in [1.165, 1.54) is 7.11 Å². The molecule has 9 rings (SSSR count). The molecule has 2 fully saturated rings. The van der Waals surface area contributed by atoms with Crippen molar-refractivity contribution < 1.29 is 37.0 Å². The summed E-state index contributed by atoms with van der Waals surface area (Å²) in [7, 11) is 1.31. The minimum absolute atomic E-state index is 0.0333. The van der Waals surface area contributed by atoms with Crippen LogP contribution in [0.15, 0.2) is 46.9 Å². The molecule has 0 bridgehead atoms. The van der Waals surface area contributed by atoms with Crippen molar-refractivity contribution in [3.8, 4) is 40.4 Å². The molecule has 2 saturated heterocycles. The molecule has 300 valence electrons. The fraction of sp³-hybridized carbons (Fsp3) is 0.405. The highest BCUT2D eigenvalue weighted by atomic mass is 35.5. The van der Waals surface area contributed by atoms with Crippen LogP contribution in [0.4, 0.5) is 13.2 Å². The van der Waals surface area contributed by atoms with Crippen molar-refractivity contribution >= 4 is 28.6 Å². The molecule has 3 aromatic carbocycles. The average molecular weight is 814 g/mol. The number of likely N-dealkylation sites (tertiary alicyclic amines) is 1. The molecular formula is C42H39ClF3N7O5. The van der Waals surface area contributed by atoms with E-state index in [1.807, 2.05) is 36.4 Å². The molecule has 0 radical (unpaired) electrons. The molecule has 2 aliphatic heterocycles. The van der Waals surface area contributed by atoms with E-state index in [0.29, 0.717) is 77.1 Å². The molecule has 0 spiro atoms. The Labute approximate surface area is 336 Å². The zero-order valence-corrected chi connectivity index (χ0v) is 32.2. The summed E-state index contributed by atoms with van der Waals surface area (Å²) in [6, 6.07) is 15.4. The maximum Gasteiger partial charge on any atom is 0.438 e. The van der Waals surface area contributed by atoms with Gasteiger partial charge in [-0.05, 0) is 78.5 Å². The van der Waals surface area contributed by atoms with Crippen molar-refractivity contribution in [2.45, 2.75) is 82.0 Å². The number of aliphatic hydroxyl groups excluding tert-OH is 1. The lowest BCUT2D eigenvalue weighted by Crippen LogP contribution is -2.35. The number of aliphatic hydroxyl groups is 1. The maximum absolute atomic E-state index is 14.5. The Bertz CT molecular complexity index is 2490. The van der Waals surface area contributed by atoms with E-state index in [9.17, 15) is 28.3 Å². The first-order valence-electron chi connectivity index (χ1n) is 19.4. The number of carbonyl (C=O) groups excluding carboxylic acids is 1. The predicted octanol–water partition coefficient (Wildman–Crippen LogP) is 6.99. The molecule has 4 atom stereocenters. The second-order valence-corrected chi connectivity index (χ2v) is 15.6. The number of rotatable bonds is 10. The molecule has 0 unspecified atom stereocenters. The third kappa shape index (κ3) is 6.91. The number of hydrogen-bond acceptors (Lipinski definition) is 11. The molecule has 4 aliphatic rings. The van der Waals surface area contributed by atoms with E-state index in [0.717, 1.165) is 48.1 Å². The van der Waals surface area contributed by atoms with Gasteiger partial charge in [0.05, 0.1) is 23.8 Å². The molecule has 5 aromatic rings. The molecule has 0 saturated carbocycles. The van der Waals surface area contributed by atoms with Crippen LogP contribution in [0.1, 0.15) is 83.5 Å². The van der Waals surface area contributed by atoms with E-state index < -0.39 is 23.9 Å². The number of nitrogens with zero attached hydrogens (tertiary/aromatic N) is 5. The highest BCUT2D eigenvalue weighted by molar-refractivity contribution is 6.36. The number of alkyl halides is 3. The fourth-order valence-corrected chi connectivity index (χ4v) is 9.31. The Morgan fingerprint density at radius 3 is 2.55 bits per heavy atom. The van der Waals surface area contributed by atoms with Crippen molar-refractivity contribution in [1.82, 2.24) is 30.5 Å². The van der Waals surface area contributed by atoms with Crippen LogP contribution in [-0.4, -0.2) is 69.8 Å². The number of fused-ring (bicyclic) bond motifs is 3. The minimum atomic E-state index is -4.86. The standard InChI is InChI=1S/C42H39ClF3N7O5/c1-56-40-32(19-48-18-21-8-13-35(55)49-21)50-38(42(44,45)46)41(52-40)57-34-12-10-24-23(4-2-5-26(24)34)27-6-3-7-28(36(27)43)39-51-31-16-29-25(30(17-47)37(31)58-39)9-11-33(29)53-15-14-22(54)20-53/h2-7,16,21-22,33-34,48,54H,8-15,18-20H2,1H3,(H,49,55)/t21-,22-,33-,34+/m1/s1. The fourth-order valence-electron chi connectivity index (χ4n) is 9.00. The van der Waals surface area contributed by atoms with Crippen LogP contribution in [0, 0.1) is 11.3 Å². The molecule has 1 amide bonds. The number of hydrogen-bond donors (Lipinski definition) is 3. The highest BCUT2D eigenvalue weighted by Crippen LogP contribution is 2.47. The van der Waals surface area contributed by atoms with Gasteiger partial charge in [-0.3, -0.25) is 9.69 Å². The van der Waals surface area contributed by atoms with Gasteiger partial charge in [0.1, 0.15) is 28.9 Å². The first-order valence-corrected chi connectivity index (χ1v) is 19.8. The van der Waals surface area contributed by atoms with Crippen molar-refractivity contribution in [2.24, 2.45) is 0 Å². The van der Waals surface area contributed by atoms with Crippen molar-refractivity contribution in [2.75, 3.05) is 26.7 Å². The van der Waals surface area contributed by atoms with E-state index in [-0.39, 0.29) is 48.1 Å². The summed E-state index contributed by atoms with van der Waals surface area (Å²) in [6.45, 7) is 1.69. The number of benzene rings is 3. The number of nitrogens with one attached hydrogen (secondary N) is 2. The van der Waals surface area contributed by atoms with E-state index in [4.69, 9.17) is 30.5 Å². The summed E-state index contributed by atoms with van der Waals surface area (Å²) in [5, 5.41) is 26.7. The van der Waals surface area contributed by atoms with Gasteiger partial charge in [-0.2, -0.15) is 23.4 Å². The Hall–Kier alpha value is -5.27. The van der Waals surface area contributed by atoms with Crippen LogP contribution in [0.5, 0.6) is 11.8 Å². The number of oxazole rings is 1. The van der Waals surface area contributed by atoms with E-state index in [1.54, 1.807) is 6.07 Å². The summed E-state index contributed by atoms with van der Waals surface area (Å²) in [4.78, 5) is 26.7. The Morgan fingerprint density at radius 2 is 1.81 bits per heavy atom. The largest absolute Gasteiger partial charge is 0.480 e. The first kappa shape index (κ1) is 38.3. The van der Waals surface area contributed by atoms with Crippen molar-refractivity contribution in [3.05, 3.63) is 86.7 Å². The SMILES string of the molecule is COc1nc(O[C@H]2CCc3c(-c4cccc(-c5nc6cc7c(c(C#N)c6o5)CC[C@H]7N5CC[C@@H](O)C5)c4Cl)cccc32)c(C(F)(F)F)nc1CNC[C@H]1CCC(=O)N1. The van der Waals surface area contributed by atoms with Gasteiger partial charge in [-0.25, -0.2) is 9.97 Å². The molecule has 12 nitrogen and oxygen atoms in total. The van der Waals surface area contributed by atoms with Crippen LogP contribution in [-0.2, 0) is 30.4 Å². The maximum atomic E-state index is 14.5. The minimum Gasteiger partial charge on any atom is -0.480 e. The Balaban J connectivity index is 0.999. The summed E-state index contributed by atoms with van der Waals surface area (Å²) in [5.41, 5.74) is 5.70. The predicted molar refractivity (Wildman–Crippen MR) is 206 cm³/mol. The topological polar surface area (TPSA) is 159 Å². The Morgan fingerprint density at radius 1 is 1.02 bits per heavy atom. The molecule has 3 N–H and O–H groups in total. The van der Waals surface area contributed by atoms with Gasteiger partial charge in [0.2, 0.25) is 29.3 Å². The number of methoxy groups -OCH3 is 1. The third-order valence-corrected chi connectivity index (χ3v) is 12.1. The summed E-state index contributed by atoms with van der Waals surface area (Å²) >= 11 is 7.16. The van der Waals surface area contributed by atoms with Gasteiger partial charge in [-0.1, -0.05) is 41.9 Å². The summed E-state index contributed by atoms with van der Waals surface area (Å²) in [5.74, 6) is -0.573. The Kier molecular flexibility index (Phi) is 10.00. The number of carbonyl (C=O) groups is 1. The van der Waals surface area contributed by atoms with Gasteiger partial charge < -0.3 is 29.6 Å². The van der Waals surface area contributed by atoms with E-state index >= 15 is 0 Å². The van der Waals surface area contributed by atoms with E-state index in [2.05, 4.69) is 31.6 Å². The van der Waals surface area contributed by atoms with Gasteiger partial charge >= 0.3 is 6.18 Å². The summed E-state index contributed by atoms with van der Waals surface area (Å²) < 4.78 is 61.2. The average Bonchev–Trinajstić information content (AvgIpc) is 4.06. The zero-order chi connectivity index (χ0) is 40.3. The molecule has 16 heteroatoms. The van der Waals surface area contributed by atoms with Crippen molar-refractivity contribution in [1.29, 1.82) is 5.26 Å². The van der Waals surface area contributed by atoms with Crippen molar-refractivity contribution in [3.63, 3.8) is 0 Å². The molecule has 2 aliphatic carbocycles. The molecule has 4 heterocycles. The molecule has 2 aromatic heterocycles. The van der Waals surface area contributed by atoms with Crippen LogP contribution < -0.4 is 20.1 Å². The van der Waals surface area contributed by atoms with Crippen LogP contribution in [0.2, 0.25) is 5.02 Å². The third-order valence-electron chi connectivity index (χ3n) is 11.7. The summed E-state index contributed by atoms with van der Waals surface area (Å²) in [6.07, 6.45) is -1.75. The van der Waals surface area contributed by atoms with Gasteiger partial charge in [0, 0.05) is 50.2 Å². The number of β-amino-alcohol motifs (C(OH)–C–C–N with tert-alkyl or cyclic N) is 1. The number of amides is 1. The second kappa shape index (κ2) is 15.2. The number of ether oxygens (including phenoxy) is 2. The second-order valence-electron chi connectivity index (χ2n) is 15.2. The molecular weight excluding hydrogens is 775 g/mol. The zero-order valence-electron chi connectivity index (χ0n) is 31.5. The van der Waals surface area contributed by atoms with Gasteiger partial charge in [0.15, 0.2) is 5.58 Å². The normalized spacial score (nSPS) is 21.6. The lowest BCUT2D eigenvalue weighted by molar-refractivity contribution is -0.143. The molecule has 58 heavy (non-hydrogen) atoms. The lowest BCUT2D eigenvalue weighted by atomic mass is 9.95. The number of halogens is 4. The monoisotopic (exact) mass is 813 g/mol. The quantitative estimate of drug-likeness (QED) is 0.133. The van der Waals surface area contributed by atoms with Crippen LogP contribution in [0.3, 0.4) is 0 Å². The smallest absolute Gasteiger partial charge is 0.438 e.